The number of nitrogens with zero attached hydrogens (tertiary/aromatic N) is 2. The molecule has 1 atom stereocenters. The molecule has 1 heterocycles. The minimum absolute atomic E-state index is 0.00694. The molecule has 23 heavy (non-hydrogen) atoms. The van der Waals surface area contributed by atoms with Crippen molar-refractivity contribution in [1.29, 1.82) is 0 Å². The number of carbonyl (C=O) groups is 2. The van der Waals surface area contributed by atoms with E-state index in [0.29, 0.717) is 26.2 Å². The summed E-state index contributed by atoms with van der Waals surface area (Å²) in [4.78, 5) is 27.1. The van der Waals surface area contributed by atoms with E-state index in [0.717, 1.165) is 5.56 Å². The average Bonchev–Trinajstić information content (AvgIpc) is 2.56. The molecule has 0 bridgehead atoms. The lowest BCUT2D eigenvalue weighted by Crippen LogP contribution is -2.52. The van der Waals surface area contributed by atoms with E-state index in [1.54, 1.807) is 34.1 Å². The maximum atomic E-state index is 12.8. The molecule has 0 spiro atoms. The van der Waals surface area contributed by atoms with E-state index in [2.05, 4.69) is 0 Å². The molecule has 1 aliphatic rings. The smallest absolute Gasteiger partial charge is 0.251 e. The van der Waals surface area contributed by atoms with Gasteiger partial charge in [0.05, 0.1) is 0 Å². The molecule has 1 fully saturated rings. The fourth-order valence-electron chi connectivity index (χ4n) is 2.44. The number of benzene rings is 1. The van der Waals surface area contributed by atoms with Crippen molar-refractivity contribution in [2.45, 2.75) is 19.4 Å². The maximum absolute atomic E-state index is 12.8. The monoisotopic (exact) mass is 320 g/mol. The Kier molecular flexibility index (Phi) is 5.87. The zero-order valence-electron chi connectivity index (χ0n) is 13.1. The van der Waals surface area contributed by atoms with Gasteiger partial charge in [0.15, 0.2) is 0 Å². The molecule has 0 aliphatic carbocycles. The number of piperazine rings is 1. The summed E-state index contributed by atoms with van der Waals surface area (Å²) in [6.07, 6.45) is 2.80. The topological polar surface area (TPSA) is 60.9 Å². The quantitative estimate of drug-likeness (QED) is 0.909. The van der Waals surface area contributed by atoms with E-state index in [9.17, 15) is 19.1 Å². The molecule has 0 radical (unpaired) electrons. The molecule has 2 amide bonds. The fraction of sp³-hybridized carbons (Fsp3) is 0.412. The summed E-state index contributed by atoms with van der Waals surface area (Å²) in [7, 11) is 0. The summed E-state index contributed by atoms with van der Waals surface area (Å²) >= 11 is 0. The van der Waals surface area contributed by atoms with Crippen LogP contribution in [0.15, 0.2) is 30.3 Å². The third kappa shape index (κ3) is 4.89. The molecular weight excluding hydrogens is 299 g/mol. The Hall–Kier alpha value is -2.21. The number of aliphatic hydroxyl groups is 1. The number of halogens is 1. The van der Waals surface area contributed by atoms with Gasteiger partial charge in [0.1, 0.15) is 11.9 Å². The highest BCUT2D eigenvalue weighted by molar-refractivity contribution is 5.81. The van der Waals surface area contributed by atoms with E-state index in [4.69, 9.17) is 0 Å². The highest BCUT2D eigenvalue weighted by Crippen LogP contribution is 2.08. The van der Waals surface area contributed by atoms with Gasteiger partial charge in [-0.1, -0.05) is 24.3 Å². The van der Waals surface area contributed by atoms with Gasteiger partial charge in [0.25, 0.3) is 5.91 Å². The lowest BCUT2D eigenvalue weighted by atomic mass is 10.2. The van der Waals surface area contributed by atoms with Crippen molar-refractivity contribution < 1.29 is 19.1 Å². The molecule has 0 aromatic heterocycles. The molecule has 124 valence electrons. The van der Waals surface area contributed by atoms with Crippen LogP contribution in [0, 0.1) is 5.82 Å². The largest absolute Gasteiger partial charge is 0.384 e. The molecule has 1 aromatic rings. The van der Waals surface area contributed by atoms with Crippen LogP contribution in [0.3, 0.4) is 0 Å². The third-order valence-electron chi connectivity index (χ3n) is 3.77. The molecule has 6 heteroatoms. The van der Waals surface area contributed by atoms with Crippen LogP contribution >= 0.6 is 0 Å². The fourth-order valence-corrected chi connectivity index (χ4v) is 2.44. The SMILES string of the molecule is CC(O)C(=O)N1CCN(C(=O)C/C=C/c2ccc(F)cc2)CC1. The number of aliphatic hydroxyl groups excluding tert-OH is 1. The Bertz CT molecular complexity index is 576. The van der Waals surface area contributed by atoms with Crippen molar-refractivity contribution in [2.24, 2.45) is 0 Å². The average molecular weight is 320 g/mol. The van der Waals surface area contributed by atoms with Gasteiger partial charge in [0, 0.05) is 32.6 Å². The van der Waals surface area contributed by atoms with Gasteiger partial charge in [-0.15, -0.1) is 0 Å². The zero-order chi connectivity index (χ0) is 16.8. The summed E-state index contributed by atoms with van der Waals surface area (Å²) in [6, 6.07) is 6.05. The summed E-state index contributed by atoms with van der Waals surface area (Å²) in [5.41, 5.74) is 0.839. The van der Waals surface area contributed by atoms with Crippen LogP contribution in [-0.4, -0.2) is 59.0 Å². The molecule has 1 aromatic carbocycles. The Balaban J connectivity index is 1.79. The first kappa shape index (κ1) is 17.1. The van der Waals surface area contributed by atoms with E-state index in [-0.39, 0.29) is 24.1 Å². The number of rotatable bonds is 4. The Morgan fingerprint density at radius 2 is 1.74 bits per heavy atom. The normalized spacial score (nSPS) is 16.7. The Labute approximate surface area is 135 Å². The summed E-state index contributed by atoms with van der Waals surface area (Å²) < 4.78 is 12.8. The van der Waals surface area contributed by atoms with Crippen molar-refractivity contribution in [3.05, 3.63) is 41.7 Å². The summed E-state index contributed by atoms with van der Waals surface area (Å²) in [5, 5.41) is 9.29. The molecular formula is C17H21FN2O3. The van der Waals surface area contributed by atoms with Crippen LogP contribution < -0.4 is 0 Å². The number of carbonyl (C=O) groups excluding carboxylic acids is 2. The Morgan fingerprint density at radius 1 is 1.17 bits per heavy atom. The van der Waals surface area contributed by atoms with Crippen LogP contribution in [0.2, 0.25) is 0 Å². The van der Waals surface area contributed by atoms with E-state index >= 15 is 0 Å². The zero-order valence-corrected chi connectivity index (χ0v) is 13.1. The molecule has 0 saturated carbocycles. The minimum atomic E-state index is -1.00. The van der Waals surface area contributed by atoms with Gasteiger partial charge in [-0.25, -0.2) is 4.39 Å². The first-order valence-corrected chi connectivity index (χ1v) is 7.64. The summed E-state index contributed by atoms with van der Waals surface area (Å²) in [5.74, 6) is -0.594. The van der Waals surface area contributed by atoms with Gasteiger partial charge in [-0.2, -0.15) is 0 Å². The predicted molar refractivity (Wildman–Crippen MR) is 84.9 cm³/mol. The maximum Gasteiger partial charge on any atom is 0.251 e. The minimum Gasteiger partial charge on any atom is -0.384 e. The molecule has 1 unspecified atom stereocenters. The second-order valence-corrected chi connectivity index (χ2v) is 5.54. The lowest BCUT2D eigenvalue weighted by Gasteiger charge is -2.35. The number of hydrogen-bond acceptors (Lipinski definition) is 3. The van der Waals surface area contributed by atoms with Gasteiger partial charge in [0.2, 0.25) is 5.91 Å². The second kappa shape index (κ2) is 7.87. The van der Waals surface area contributed by atoms with Crippen LogP contribution in [0.5, 0.6) is 0 Å². The molecule has 1 saturated heterocycles. The van der Waals surface area contributed by atoms with E-state index in [1.807, 2.05) is 0 Å². The van der Waals surface area contributed by atoms with Gasteiger partial charge >= 0.3 is 0 Å². The van der Waals surface area contributed by atoms with Crippen molar-refractivity contribution in [1.82, 2.24) is 9.80 Å². The molecule has 5 nitrogen and oxygen atoms in total. The van der Waals surface area contributed by atoms with Crippen molar-refractivity contribution in [3.8, 4) is 0 Å². The second-order valence-electron chi connectivity index (χ2n) is 5.54. The molecule has 1 aliphatic heterocycles. The van der Waals surface area contributed by atoms with Crippen molar-refractivity contribution in [2.75, 3.05) is 26.2 Å². The van der Waals surface area contributed by atoms with Crippen molar-refractivity contribution in [3.63, 3.8) is 0 Å². The predicted octanol–water partition coefficient (Wildman–Crippen LogP) is 1.28. The standard InChI is InChI=1S/C17H21FN2O3/c1-13(21)17(23)20-11-9-19(10-12-20)16(22)4-2-3-14-5-7-15(18)8-6-14/h2-3,5-8,13,21H,4,9-12H2,1H3/b3-2+. The first-order chi connectivity index (χ1) is 11.0. The first-order valence-electron chi connectivity index (χ1n) is 7.64. The lowest BCUT2D eigenvalue weighted by molar-refractivity contribution is -0.144. The molecule has 2 rings (SSSR count). The van der Waals surface area contributed by atoms with Gasteiger partial charge in [-0.05, 0) is 24.6 Å². The molecule has 1 N–H and O–H groups in total. The van der Waals surface area contributed by atoms with Crippen LogP contribution in [0.4, 0.5) is 4.39 Å². The van der Waals surface area contributed by atoms with Crippen molar-refractivity contribution >= 4 is 17.9 Å². The highest BCUT2D eigenvalue weighted by atomic mass is 19.1. The van der Waals surface area contributed by atoms with Gasteiger partial charge in [-0.3, -0.25) is 9.59 Å². The van der Waals surface area contributed by atoms with E-state index in [1.165, 1.54) is 19.1 Å². The number of hydrogen-bond donors (Lipinski definition) is 1. The third-order valence-corrected chi connectivity index (χ3v) is 3.77. The van der Waals surface area contributed by atoms with E-state index < -0.39 is 6.10 Å². The van der Waals surface area contributed by atoms with Gasteiger partial charge < -0.3 is 14.9 Å². The Morgan fingerprint density at radius 3 is 2.30 bits per heavy atom. The van der Waals surface area contributed by atoms with Crippen LogP contribution in [0.1, 0.15) is 18.9 Å². The summed E-state index contributed by atoms with van der Waals surface area (Å²) in [6.45, 7) is 3.28. The van der Waals surface area contributed by atoms with Crippen LogP contribution in [-0.2, 0) is 9.59 Å². The number of amides is 2. The highest BCUT2D eigenvalue weighted by Gasteiger charge is 2.25. The van der Waals surface area contributed by atoms with Crippen LogP contribution in [0.25, 0.3) is 6.08 Å².